The Balaban J connectivity index is 1.40. The van der Waals surface area contributed by atoms with Crippen LogP contribution in [0.2, 0.25) is 0 Å². The van der Waals surface area contributed by atoms with Crippen LogP contribution in [0.4, 0.5) is 5.69 Å². The fourth-order valence-electron chi connectivity index (χ4n) is 5.59. The van der Waals surface area contributed by atoms with Crippen molar-refractivity contribution in [2.24, 2.45) is 0 Å². The van der Waals surface area contributed by atoms with E-state index in [1.54, 1.807) is 13.8 Å². The molecule has 2 N–H and O–H groups in total. The van der Waals surface area contributed by atoms with Crippen LogP contribution in [0, 0.1) is 24.0 Å². The van der Waals surface area contributed by atoms with E-state index in [1.807, 2.05) is 0 Å². The molecule has 2 aliphatic heterocycles. The number of sulfonamides is 2. The highest BCUT2D eigenvalue weighted by Crippen LogP contribution is 2.25. The molecule has 16 nitrogen and oxygen atoms in total. The zero-order valence-corrected chi connectivity index (χ0v) is 29.5. The summed E-state index contributed by atoms with van der Waals surface area (Å²) in [5.41, 5.74) is 0.658. The summed E-state index contributed by atoms with van der Waals surface area (Å²) >= 11 is 0. The molecule has 0 spiro atoms. The van der Waals surface area contributed by atoms with Crippen LogP contribution in [0.5, 0.6) is 0 Å². The van der Waals surface area contributed by atoms with Crippen molar-refractivity contribution in [1.29, 1.82) is 0 Å². The molecule has 5 rings (SSSR count). The molecule has 3 aromatic rings. The van der Waals surface area contributed by atoms with Crippen molar-refractivity contribution >= 4 is 37.6 Å². The van der Waals surface area contributed by atoms with Gasteiger partial charge in [-0.15, -0.1) is 0 Å². The Hall–Kier alpha value is -4.30. The zero-order valence-electron chi connectivity index (χ0n) is 27.9. The second-order valence-electron chi connectivity index (χ2n) is 12.0. The number of carbonyl (C=O) groups excluding carboxylic acids is 2. The van der Waals surface area contributed by atoms with Gasteiger partial charge in [0.15, 0.2) is 0 Å². The number of aryl methyl sites for hydroxylation is 2. The van der Waals surface area contributed by atoms with Gasteiger partial charge in [-0.25, -0.2) is 21.6 Å². The number of nitrogens with one attached hydrogen (secondary N) is 1. The predicted octanol–water partition coefficient (Wildman–Crippen LogP) is 1.94. The fourth-order valence-corrected chi connectivity index (χ4v) is 8.46. The van der Waals surface area contributed by atoms with Gasteiger partial charge < -0.3 is 24.6 Å². The number of hydrogen-bond acceptors (Lipinski definition) is 12. The number of ether oxygens (including phenoxy) is 3. The van der Waals surface area contributed by atoms with Crippen LogP contribution in [0.1, 0.15) is 43.5 Å². The molecule has 274 valence electrons. The van der Waals surface area contributed by atoms with Gasteiger partial charge in [0.05, 0.1) is 52.7 Å². The largest absolute Gasteiger partial charge is 0.460 e. The van der Waals surface area contributed by atoms with E-state index < -0.39 is 55.6 Å². The van der Waals surface area contributed by atoms with Crippen LogP contribution < -0.4 is 5.32 Å². The van der Waals surface area contributed by atoms with Crippen molar-refractivity contribution in [2.45, 2.75) is 35.8 Å². The highest BCUT2D eigenvalue weighted by Gasteiger charge is 2.31. The smallest absolute Gasteiger partial charge is 0.338 e. The maximum Gasteiger partial charge on any atom is 0.338 e. The average Bonchev–Trinajstić information content (AvgIpc) is 3.13. The third kappa shape index (κ3) is 8.61. The average molecular weight is 747 g/mol. The van der Waals surface area contributed by atoms with Gasteiger partial charge >= 0.3 is 5.97 Å². The third-order valence-corrected chi connectivity index (χ3v) is 12.4. The number of amides is 1. The lowest BCUT2D eigenvalue weighted by atomic mass is 10.0. The minimum atomic E-state index is -3.96. The van der Waals surface area contributed by atoms with Crippen LogP contribution in [0.3, 0.4) is 0 Å². The molecule has 18 heteroatoms. The maximum atomic E-state index is 13.7. The summed E-state index contributed by atoms with van der Waals surface area (Å²) < 4.78 is 71.7. The van der Waals surface area contributed by atoms with E-state index in [9.17, 15) is 41.6 Å². The molecule has 1 amide bonds. The Morgan fingerprint density at radius 2 is 1.29 bits per heavy atom. The number of non-ortho nitro benzene ring substituents is 1. The van der Waals surface area contributed by atoms with E-state index in [2.05, 4.69) is 5.32 Å². The minimum absolute atomic E-state index is 0.0200. The van der Waals surface area contributed by atoms with Gasteiger partial charge in [0.1, 0.15) is 12.7 Å². The second-order valence-corrected chi connectivity index (χ2v) is 15.8. The van der Waals surface area contributed by atoms with Crippen molar-refractivity contribution in [3.8, 4) is 0 Å². The quantitative estimate of drug-likeness (QED) is 0.155. The van der Waals surface area contributed by atoms with Crippen LogP contribution in [-0.2, 0) is 34.3 Å². The van der Waals surface area contributed by atoms with Crippen molar-refractivity contribution in [3.05, 3.63) is 98.6 Å². The normalized spacial score (nSPS) is 17.3. The first-order valence-electron chi connectivity index (χ1n) is 16.0. The number of carbonyl (C=O) groups is 2. The third-order valence-electron chi connectivity index (χ3n) is 8.64. The van der Waals surface area contributed by atoms with Gasteiger partial charge in [-0.2, -0.15) is 8.61 Å². The Morgan fingerprint density at radius 1 is 0.824 bits per heavy atom. The number of nitro groups is 1. The maximum absolute atomic E-state index is 13.7. The van der Waals surface area contributed by atoms with Gasteiger partial charge in [-0.3, -0.25) is 14.9 Å². The number of hydrogen-bond donors (Lipinski definition) is 2. The van der Waals surface area contributed by atoms with Crippen molar-refractivity contribution in [3.63, 3.8) is 0 Å². The monoisotopic (exact) mass is 746 g/mol. The summed E-state index contributed by atoms with van der Waals surface area (Å²) in [7, 11) is -7.91. The van der Waals surface area contributed by atoms with Gasteiger partial charge in [0.2, 0.25) is 20.0 Å². The number of aliphatic hydroxyl groups excluding tert-OH is 1. The van der Waals surface area contributed by atoms with E-state index in [0.29, 0.717) is 11.1 Å². The predicted molar refractivity (Wildman–Crippen MR) is 181 cm³/mol. The lowest BCUT2D eigenvalue weighted by Crippen LogP contribution is -2.43. The highest BCUT2D eigenvalue weighted by molar-refractivity contribution is 7.89. The van der Waals surface area contributed by atoms with Gasteiger partial charge in [-0.05, 0) is 66.9 Å². The fraction of sp³-hybridized carbons (Fsp3) is 0.394. The number of nitrogens with zero attached hydrogens (tertiary/aromatic N) is 3. The minimum Gasteiger partial charge on any atom is -0.460 e. The first kappa shape index (κ1) is 37.9. The Labute approximate surface area is 295 Å². The number of morpholine rings is 2. The number of esters is 1. The summed E-state index contributed by atoms with van der Waals surface area (Å²) in [6.45, 7) is 4.10. The first-order chi connectivity index (χ1) is 24.2. The molecule has 2 heterocycles. The standard InChI is InChI=1S/C33H38N4O12S2/c1-22-3-9-26(50(43,44)35-11-15-47-16-12-35)19-28(22)32(39)34-30(31(38)24-5-7-25(8-6-24)37(41)42)21-49-33(40)29-20-27(10-4-23(29)2)51(45,46)36-13-17-48-18-14-36/h3-10,19-20,30-31,38H,11-18,21H2,1-2H3,(H,34,39)/t30-,31+/m1/s1. The molecule has 2 aliphatic rings. The first-order valence-corrected chi connectivity index (χ1v) is 18.9. The molecule has 0 saturated carbocycles. The van der Waals surface area contributed by atoms with E-state index in [-0.39, 0.29) is 84.8 Å². The molecule has 0 radical (unpaired) electrons. The molecule has 0 bridgehead atoms. The molecule has 2 saturated heterocycles. The molecule has 2 fully saturated rings. The lowest BCUT2D eigenvalue weighted by Gasteiger charge is -2.27. The summed E-state index contributed by atoms with van der Waals surface area (Å²) in [5, 5.41) is 25.2. The Kier molecular flexibility index (Phi) is 11.9. The van der Waals surface area contributed by atoms with Crippen molar-refractivity contribution < 1.29 is 50.7 Å². The van der Waals surface area contributed by atoms with Crippen LogP contribution in [0.15, 0.2) is 70.5 Å². The van der Waals surface area contributed by atoms with E-state index in [1.165, 1.54) is 57.1 Å². The molecule has 0 aromatic heterocycles. The SMILES string of the molecule is Cc1ccc(S(=O)(=O)N2CCOCC2)cc1C(=O)N[C@H](COC(=O)c1cc(S(=O)(=O)N2CCOCC2)ccc1C)[C@@H](O)c1ccc([N+](=O)[O-])cc1. The van der Waals surface area contributed by atoms with Crippen LogP contribution in [0.25, 0.3) is 0 Å². The van der Waals surface area contributed by atoms with Crippen molar-refractivity contribution in [1.82, 2.24) is 13.9 Å². The van der Waals surface area contributed by atoms with Gasteiger partial charge in [0, 0.05) is 43.9 Å². The topological polar surface area (TPSA) is 212 Å². The molecule has 0 unspecified atom stereocenters. The highest BCUT2D eigenvalue weighted by atomic mass is 32.2. The summed E-state index contributed by atoms with van der Waals surface area (Å²) in [4.78, 5) is 37.5. The van der Waals surface area contributed by atoms with Gasteiger partial charge in [-0.1, -0.05) is 12.1 Å². The summed E-state index contributed by atoms with van der Waals surface area (Å²) in [6, 6.07) is 11.7. The molecule has 3 aromatic carbocycles. The van der Waals surface area contributed by atoms with E-state index in [4.69, 9.17) is 14.2 Å². The summed E-state index contributed by atoms with van der Waals surface area (Å²) in [6.07, 6.45) is -1.56. The number of aliphatic hydroxyl groups is 1. The van der Waals surface area contributed by atoms with E-state index >= 15 is 0 Å². The van der Waals surface area contributed by atoms with Crippen LogP contribution in [-0.4, -0.2) is 113 Å². The lowest BCUT2D eigenvalue weighted by molar-refractivity contribution is -0.384. The molecular formula is C33H38N4O12S2. The van der Waals surface area contributed by atoms with E-state index in [0.717, 1.165) is 12.1 Å². The van der Waals surface area contributed by atoms with Crippen LogP contribution >= 0.6 is 0 Å². The molecule has 2 atom stereocenters. The Morgan fingerprint density at radius 3 is 1.78 bits per heavy atom. The number of benzene rings is 3. The Bertz CT molecular complexity index is 1990. The molecular weight excluding hydrogens is 709 g/mol. The second kappa shape index (κ2) is 15.9. The molecule has 0 aliphatic carbocycles. The summed E-state index contributed by atoms with van der Waals surface area (Å²) in [5.74, 6) is -1.72. The number of rotatable bonds is 12. The number of nitro benzene ring substituents is 1. The molecule has 51 heavy (non-hydrogen) atoms. The zero-order chi connectivity index (χ0) is 36.9. The van der Waals surface area contributed by atoms with Crippen molar-refractivity contribution in [2.75, 3.05) is 59.2 Å². The van der Waals surface area contributed by atoms with Gasteiger partial charge in [0.25, 0.3) is 11.6 Å².